The van der Waals surface area contributed by atoms with Crippen molar-refractivity contribution in [3.63, 3.8) is 0 Å². The summed E-state index contributed by atoms with van der Waals surface area (Å²) in [6, 6.07) is 10.1. The lowest BCUT2D eigenvalue weighted by Gasteiger charge is -2.21. The summed E-state index contributed by atoms with van der Waals surface area (Å²) in [6.45, 7) is 8.43. The number of hydrogen-bond donors (Lipinski definition) is 0. The van der Waals surface area contributed by atoms with Crippen LogP contribution in [0.2, 0.25) is 19.6 Å². The van der Waals surface area contributed by atoms with Gasteiger partial charge in [-0.2, -0.15) is 5.26 Å². The molecule has 3 heteroatoms. The summed E-state index contributed by atoms with van der Waals surface area (Å²) >= 11 is 0. The van der Waals surface area contributed by atoms with Crippen LogP contribution in [0.1, 0.15) is 43.4 Å². The van der Waals surface area contributed by atoms with Gasteiger partial charge < -0.3 is 4.43 Å². The largest absolute Gasteiger partial charge is 0.399 e. The van der Waals surface area contributed by atoms with Crippen molar-refractivity contribution in [1.82, 2.24) is 0 Å². The molecule has 0 aliphatic heterocycles. The van der Waals surface area contributed by atoms with E-state index in [0.717, 1.165) is 30.4 Å². The molecule has 106 valence electrons. The maximum atomic E-state index is 9.29. The summed E-state index contributed by atoms with van der Waals surface area (Å²) in [6.07, 6.45) is 2.73. The highest BCUT2D eigenvalue weighted by molar-refractivity contribution is 6.69. The monoisotopic (exact) mass is 285 g/mol. The Balaban J connectivity index is 2.85. The Kier molecular flexibility index (Phi) is 6.52. The minimum absolute atomic E-state index is 0.487. The Hall–Kier alpha value is -1.55. The minimum Gasteiger partial charge on any atom is -0.399 e. The van der Waals surface area contributed by atoms with Crippen LogP contribution in [0.3, 0.4) is 0 Å². The van der Waals surface area contributed by atoms with Gasteiger partial charge in [-0.15, -0.1) is 0 Å². The molecule has 0 heterocycles. The van der Waals surface area contributed by atoms with Gasteiger partial charge in [-0.05, 0) is 43.8 Å². The molecule has 0 radical (unpaired) electrons. The van der Waals surface area contributed by atoms with E-state index in [1.807, 2.05) is 24.3 Å². The average Bonchev–Trinajstić information content (AvgIpc) is 2.40. The number of unbranched alkanes of at least 4 members (excludes halogenated alkanes) is 2. The smallest absolute Gasteiger partial charge is 0.186 e. The fourth-order valence-corrected chi connectivity index (χ4v) is 2.63. The highest BCUT2D eigenvalue weighted by atomic mass is 28.4. The fourth-order valence-electron chi connectivity index (χ4n) is 1.73. The molecule has 0 amide bonds. The van der Waals surface area contributed by atoms with Gasteiger partial charge in [-0.25, -0.2) is 0 Å². The van der Waals surface area contributed by atoms with E-state index >= 15 is 0 Å². The van der Waals surface area contributed by atoms with Crippen molar-refractivity contribution >= 4 is 8.32 Å². The SMILES string of the molecule is CCCCC#Cc1cccc([C@@H](C#N)O[Si](C)(C)C)c1. The number of rotatable bonds is 5. The third kappa shape index (κ3) is 6.06. The van der Waals surface area contributed by atoms with Crippen LogP contribution in [0.5, 0.6) is 0 Å². The maximum Gasteiger partial charge on any atom is 0.186 e. The Labute approximate surface area is 123 Å². The lowest BCUT2D eigenvalue weighted by molar-refractivity contribution is 0.255. The van der Waals surface area contributed by atoms with Crippen molar-refractivity contribution in [2.24, 2.45) is 0 Å². The molecule has 1 atom stereocenters. The van der Waals surface area contributed by atoms with Gasteiger partial charge in [0.15, 0.2) is 14.4 Å². The van der Waals surface area contributed by atoms with Gasteiger partial charge in [0.1, 0.15) is 0 Å². The molecule has 1 rings (SSSR count). The molecule has 2 nitrogen and oxygen atoms in total. The van der Waals surface area contributed by atoms with Crippen molar-refractivity contribution in [3.05, 3.63) is 35.4 Å². The van der Waals surface area contributed by atoms with E-state index in [9.17, 15) is 5.26 Å². The second kappa shape index (κ2) is 7.90. The molecule has 0 unspecified atom stereocenters. The molecule has 0 saturated heterocycles. The van der Waals surface area contributed by atoms with Crippen LogP contribution < -0.4 is 0 Å². The van der Waals surface area contributed by atoms with Crippen LogP contribution in [0.25, 0.3) is 0 Å². The quantitative estimate of drug-likeness (QED) is 0.448. The molecule has 0 aliphatic rings. The third-order valence-corrected chi connectivity index (χ3v) is 3.61. The van der Waals surface area contributed by atoms with Crippen LogP contribution in [-0.2, 0) is 4.43 Å². The topological polar surface area (TPSA) is 33.0 Å². The zero-order valence-corrected chi connectivity index (χ0v) is 13.9. The van der Waals surface area contributed by atoms with Crippen LogP contribution in [0, 0.1) is 23.2 Å². The lowest BCUT2D eigenvalue weighted by Crippen LogP contribution is -2.27. The molecule has 0 aromatic heterocycles. The van der Waals surface area contributed by atoms with Gasteiger partial charge in [-0.3, -0.25) is 0 Å². The van der Waals surface area contributed by atoms with Gasteiger partial charge in [0, 0.05) is 12.0 Å². The highest BCUT2D eigenvalue weighted by Gasteiger charge is 2.22. The molecule has 0 N–H and O–H groups in total. The Morgan fingerprint density at radius 2 is 2.05 bits per heavy atom. The predicted octanol–water partition coefficient (Wildman–Crippen LogP) is 4.64. The van der Waals surface area contributed by atoms with Crippen molar-refractivity contribution in [2.45, 2.75) is 51.9 Å². The van der Waals surface area contributed by atoms with Crippen molar-refractivity contribution < 1.29 is 4.43 Å². The first-order valence-corrected chi connectivity index (χ1v) is 10.5. The van der Waals surface area contributed by atoms with Gasteiger partial charge in [0.05, 0.1) is 6.07 Å². The van der Waals surface area contributed by atoms with E-state index in [0.29, 0.717) is 0 Å². The van der Waals surface area contributed by atoms with Crippen LogP contribution in [-0.4, -0.2) is 8.32 Å². The fraction of sp³-hybridized carbons (Fsp3) is 0.471. The first-order valence-electron chi connectivity index (χ1n) is 7.12. The second-order valence-corrected chi connectivity index (χ2v) is 10.2. The zero-order chi connectivity index (χ0) is 15.0. The van der Waals surface area contributed by atoms with Gasteiger partial charge >= 0.3 is 0 Å². The predicted molar refractivity (Wildman–Crippen MR) is 85.6 cm³/mol. The van der Waals surface area contributed by atoms with E-state index < -0.39 is 14.4 Å². The molecular weight excluding hydrogens is 262 g/mol. The molecule has 0 aliphatic carbocycles. The van der Waals surface area contributed by atoms with Gasteiger partial charge in [-0.1, -0.05) is 37.3 Å². The van der Waals surface area contributed by atoms with Crippen LogP contribution >= 0.6 is 0 Å². The normalized spacial score (nSPS) is 12.2. The van der Waals surface area contributed by atoms with Crippen molar-refractivity contribution in [2.75, 3.05) is 0 Å². The van der Waals surface area contributed by atoms with E-state index in [-0.39, 0.29) is 0 Å². The number of hydrogen-bond acceptors (Lipinski definition) is 2. The molecule has 1 aromatic carbocycles. The number of nitrogens with zero attached hydrogens (tertiary/aromatic N) is 1. The van der Waals surface area contributed by atoms with Gasteiger partial charge in [0.2, 0.25) is 0 Å². The molecule has 20 heavy (non-hydrogen) atoms. The summed E-state index contributed by atoms with van der Waals surface area (Å²) in [7, 11) is -1.74. The van der Waals surface area contributed by atoms with Gasteiger partial charge in [0.25, 0.3) is 0 Å². The summed E-state index contributed by atoms with van der Waals surface area (Å²) in [5.74, 6) is 6.33. The van der Waals surface area contributed by atoms with E-state index in [2.05, 4.69) is 44.5 Å². The number of benzene rings is 1. The highest BCUT2D eigenvalue weighted by Crippen LogP contribution is 2.22. The molecule has 0 fully saturated rings. The second-order valence-electron chi connectivity index (χ2n) is 5.77. The summed E-state index contributed by atoms with van der Waals surface area (Å²) in [5, 5.41) is 9.29. The molecule has 1 aromatic rings. The molecule has 0 bridgehead atoms. The molecular formula is C17H23NOSi. The van der Waals surface area contributed by atoms with E-state index in [1.165, 1.54) is 0 Å². The lowest BCUT2D eigenvalue weighted by atomic mass is 10.1. The first kappa shape index (κ1) is 16.5. The minimum atomic E-state index is -1.74. The van der Waals surface area contributed by atoms with E-state index in [1.54, 1.807) is 0 Å². The summed E-state index contributed by atoms with van der Waals surface area (Å²) in [4.78, 5) is 0. The zero-order valence-electron chi connectivity index (χ0n) is 12.9. The van der Waals surface area contributed by atoms with Crippen LogP contribution in [0.15, 0.2) is 24.3 Å². The average molecular weight is 285 g/mol. The van der Waals surface area contributed by atoms with E-state index in [4.69, 9.17) is 4.43 Å². The number of nitriles is 1. The Morgan fingerprint density at radius 1 is 1.30 bits per heavy atom. The molecule has 0 saturated carbocycles. The Bertz CT molecular complexity index is 528. The van der Waals surface area contributed by atoms with Crippen molar-refractivity contribution in [1.29, 1.82) is 5.26 Å². The Morgan fingerprint density at radius 3 is 2.65 bits per heavy atom. The van der Waals surface area contributed by atoms with Crippen molar-refractivity contribution in [3.8, 4) is 17.9 Å². The maximum absolute atomic E-state index is 9.29. The summed E-state index contributed by atoms with van der Waals surface area (Å²) in [5.41, 5.74) is 1.86. The standard InChI is InChI=1S/C17H23NOSi/c1-5-6-7-8-10-15-11-9-12-16(13-15)17(14-18)19-20(2,3)4/h9,11-13,17H,5-7H2,1-4H3/t17-/m1/s1. The first-order chi connectivity index (χ1) is 9.46. The third-order valence-electron chi connectivity index (χ3n) is 2.67. The molecule has 0 spiro atoms. The summed E-state index contributed by atoms with van der Waals surface area (Å²) < 4.78 is 5.90. The van der Waals surface area contributed by atoms with Crippen LogP contribution in [0.4, 0.5) is 0 Å².